The summed E-state index contributed by atoms with van der Waals surface area (Å²) < 4.78 is 24.6. The highest BCUT2D eigenvalue weighted by molar-refractivity contribution is 7.91. The summed E-state index contributed by atoms with van der Waals surface area (Å²) >= 11 is 0. The predicted molar refractivity (Wildman–Crippen MR) is 66.4 cm³/mol. The average Bonchev–Trinajstić information content (AvgIpc) is 2.32. The zero-order valence-electron chi connectivity index (χ0n) is 9.66. The minimum absolute atomic E-state index is 0.0865. The predicted octanol–water partition coefficient (Wildman–Crippen LogP) is 2.24. The van der Waals surface area contributed by atoms with Gasteiger partial charge in [-0.3, -0.25) is 0 Å². The van der Waals surface area contributed by atoms with Crippen molar-refractivity contribution in [2.24, 2.45) is 0 Å². The van der Waals surface area contributed by atoms with Crippen LogP contribution in [-0.4, -0.2) is 18.6 Å². The van der Waals surface area contributed by atoms with Gasteiger partial charge in [-0.15, -0.1) is 0 Å². The molecule has 0 fully saturated rings. The summed E-state index contributed by atoms with van der Waals surface area (Å²) in [5.74, 6) is -1.08. The Kier molecular flexibility index (Phi) is 3.00. The number of aryl methyl sites for hydroxylation is 1. The number of rotatable bonds is 2. The van der Waals surface area contributed by atoms with Crippen molar-refractivity contribution in [1.29, 1.82) is 0 Å². The van der Waals surface area contributed by atoms with Gasteiger partial charge in [0.2, 0.25) is 9.84 Å². The first-order valence-electron chi connectivity index (χ1n) is 5.25. The van der Waals surface area contributed by atoms with Gasteiger partial charge in [-0.05, 0) is 36.8 Å². The molecule has 2 aromatic carbocycles. The number of hydrogen-bond acceptors (Lipinski definition) is 4. The van der Waals surface area contributed by atoms with Crippen molar-refractivity contribution in [2.45, 2.75) is 16.7 Å². The van der Waals surface area contributed by atoms with Crippen molar-refractivity contribution in [2.75, 3.05) is 0 Å². The topological polar surface area (TPSA) is 74.6 Å². The van der Waals surface area contributed by atoms with E-state index in [1.807, 2.05) is 0 Å². The summed E-state index contributed by atoms with van der Waals surface area (Å²) in [6, 6.07) is 10.2. The van der Waals surface area contributed by atoms with Gasteiger partial charge in [-0.1, -0.05) is 18.2 Å². The van der Waals surface area contributed by atoms with Crippen LogP contribution in [0.2, 0.25) is 0 Å². The summed E-state index contributed by atoms with van der Waals surface area (Å²) in [6.07, 6.45) is 0. The second kappa shape index (κ2) is 4.34. The summed E-state index contributed by atoms with van der Waals surface area (Å²) in [4.78, 5) is -0.212. The maximum Gasteiger partial charge on any atom is 0.210 e. The number of aromatic hydroxyl groups is 2. The Morgan fingerprint density at radius 1 is 1.00 bits per heavy atom. The van der Waals surface area contributed by atoms with Gasteiger partial charge >= 0.3 is 0 Å². The van der Waals surface area contributed by atoms with E-state index in [4.69, 9.17) is 0 Å². The largest absolute Gasteiger partial charge is 0.504 e. The van der Waals surface area contributed by atoms with Crippen LogP contribution in [0.3, 0.4) is 0 Å². The van der Waals surface area contributed by atoms with Crippen LogP contribution in [0.5, 0.6) is 11.5 Å². The maximum absolute atomic E-state index is 12.3. The molecule has 0 aromatic heterocycles. The number of sulfone groups is 1. The highest BCUT2D eigenvalue weighted by Crippen LogP contribution is 2.35. The quantitative estimate of drug-likeness (QED) is 0.816. The van der Waals surface area contributed by atoms with Crippen molar-refractivity contribution < 1.29 is 18.6 Å². The Morgan fingerprint density at radius 2 is 1.67 bits per heavy atom. The van der Waals surface area contributed by atoms with Gasteiger partial charge in [0.25, 0.3) is 0 Å². The molecule has 0 bridgehead atoms. The molecule has 2 aromatic rings. The lowest BCUT2D eigenvalue weighted by atomic mass is 10.2. The van der Waals surface area contributed by atoms with E-state index in [1.54, 1.807) is 19.1 Å². The van der Waals surface area contributed by atoms with Crippen LogP contribution in [0, 0.1) is 6.92 Å². The molecule has 5 heteroatoms. The molecule has 0 unspecified atom stereocenters. The second-order valence-electron chi connectivity index (χ2n) is 3.94. The number of benzene rings is 2. The molecule has 0 saturated carbocycles. The minimum atomic E-state index is -3.82. The van der Waals surface area contributed by atoms with Gasteiger partial charge in [-0.2, -0.15) is 0 Å². The molecule has 0 aliphatic carbocycles. The van der Waals surface area contributed by atoms with Crippen LogP contribution < -0.4 is 0 Å². The Bertz CT molecular complexity index is 690. The highest BCUT2D eigenvalue weighted by Gasteiger charge is 2.22. The lowest BCUT2D eigenvalue weighted by Gasteiger charge is -2.08. The fraction of sp³-hybridized carbons (Fsp3) is 0.0769. The fourth-order valence-corrected chi connectivity index (χ4v) is 3.11. The summed E-state index contributed by atoms with van der Waals surface area (Å²) in [6.45, 7) is 1.78. The molecule has 18 heavy (non-hydrogen) atoms. The van der Waals surface area contributed by atoms with E-state index in [1.165, 1.54) is 30.3 Å². The Balaban J connectivity index is 2.66. The third-order valence-electron chi connectivity index (χ3n) is 2.57. The minimum Gasteiger partial charge on any atom is -0.504 e. The lowest BCUT2D eigenvalue weighted by molar-refractivity contribution is 0.393. The standard InChI is InChI=1S/C13H12O4S/c1-9-4-2-5-10(8-9)18(16,17)12-7-3-6-11(14)13(12)15/h2-8,14-15H,1H3. The first-order chi connectivity index (χ1) is 8.43. The Labute approximate surface area is 105 Å². The Hall–Kier alpha value is -2.01. The van der Waals surface area contributed by atoms with Gasteiger partial charge in [-0.25, -0.2) is 8.42 Å². The normalized spacial score (nSPS) is 11.4. The Morgan fingerprint density at radius 3 is 2.33 bits per heavy atom. The molecule has 2 N–H and O–H groups in total. The average molecular weight is 264 g/mol. The van der Waals surface area contributed by atoms with Gasteiger partial charge in [0.15, 0.2) is 11.5 Å². The number of para-hydroxylation sites is 1. The van der Waals surface area contributed by atoms with Crippen LogP contribution in [0.4, 0.5) is 0 Å². The third kappa shape index (κ3) is 2.04. The van der Waals surface area contributed by atoms with E-state index < -0.39 is 21.3 Å². The van der Waals surface area contributed by atoms with Crippen LogP contribution in [0.15, 0.2) is 52.3 Å². The molecular weight excluding hydrogens is 252 g/mol. The van der Waals surface area contributed by atoms with Crippen molar-refractivity contribution in [3.63, 3.8) is 0 Å². The smallest absolute Gasteiger partial charge is 0.210 e. The fourth-order valence-electron chi connectivity index (χ4n) is 1.64. The second-order valence-corrected chi connectivity index (χ2v) is 5.86. The monoisotopic (exact) mass is 264 g/mol. The first kappa shape index (κ1) is 12.4. The van der Waals surface area contributed by atoms with Gasteiger partial charge in [0.05, 0.1) is 4.90 Å². The van der Waals surface area contributed by atoms with E-state index >= 15 is 0 Å². The zero-order valence-corrected chi connectivity index (χ0v) is 10.5. The number of phenols is 2. The van der Waals surface area contributed by atoms with E-state index in [0.29, 0.717) is 0 Å². The molecule has 0 heterocycles. The van der Waals surface area contributed by atoms with E-state index in [2.05, 4.69) is 0 Å². The number of phenolic OH excluding ortho intramolecular Hbond substituents is 2. The lowest BCUT2D eigenvalue weighted by Crippen LogP contribution is -2.02. The third-order valence-corrected chi connectivity index (χ3v) is 4.35. The van der Waals surface area contributed by atoms with Gasteiger partial charge in [0.1, 0.15) is 4.90 Å². The van der Waals surface area contributed by atoms with Crippen molar-refractivity contribution in [3.8, 4) is 11.5 Å². The van der Waals surface area contributed by atoms with E-state index in [-0.39, 0.29) is 9.79 Å². The molecule has 0 spiro atoms. The molecule has 0 amide bonds. The molecule has 0 aliphatic heterocycles. The molecule has 4 nitrogen and oxygen atoms in total. The highest BCUT2D eigenvalue weighted by atomic mass is 32.2. The molecule has 0 radical (unpaired) electrons. The van der Waals surface area contributed by atoms with Gasteiger partial charge in [0, 0.05) is 0 Å². The molecule has 94 valence electrons. The number of hydrogen-bond donors (Lipinski definition) is 2. The van der Waals surface area contributed by atoms with Crippen LogP contribution in [0.1, 0.15) is 5.56 Å². The summed E-state index contributed by atoms with van der Waals surface area (Å²) in [7, 11) is -3.82. The molecule has 2 rings (SSSR count). The molecule has 0 saturated heterocycles. The van der Waals surface area contributed by atoms with Crippen LogP contribution in [0.25, 0.3) is 0 Å². The van der Waals surface area contributed by atoms with Gasteiger partial charge < -0.3 is 10.2 Å². The van der Waals surface area contributed by atoms with Crippen LogP contribution >= 0.6 is 0 Å². The SMILES string of the molecule is Cc1cccc(S(=O)(=O)c2cccc(O)c2O)c1. The molecule has 0 aliphatic rings. The summed E-state index contributed by atoms with van der Waals surface area (Å²) in [5, 5.41) is 19.0. The van der Waals surface area contributed by atoms with Crippen molar-refractivity contribution in [1.82, 2.24) is 0 Å². The van der Waals surface area contributed by atoms with Crippen LogP contribution in [-0.2, 0) is 9.84 Å². The van der Waals surface area contributed by atoms with Crippen molar-refractivity contribution >= 4 is 9.84 Å². The van der Waals surface area contributed by atoms with Crippen molar-refractivity contribution in [3.05, 3.63) is 48.0 Å². The zero-order chi connectivity index (χ0) is 13.3. The molecular formula is C13H12O4S. The van der Waals surface area contributed by atoms with E-state index in [0.717, 1.165) is 5.56 Å². The maximum atomic E-state index is 12.3. The first-order valence-corrected chi connectivity index (χ1v) is 6.74. The summed E-state index contributed by atoms with van der Waals surface area (Å²) in [5.41, 5.74) is 0.802. The molecule has 0 atom stereocenters. The van der Waals surface area contributed by atoms with E-state index in [9.17, 15) is 18.6 Å².